The molecule has 1 saturated carbocycles. The molecule has 1 fully saturated rings. The van der Waals surface area contributed by atoms with Crippen LogP contribution in [0.3, 0.4) is 0 Å². The highest BCUT2D eigenvalue weighted by atomic mass is 32.1. The summed E-state index contributed by atoms with van der Waals surface area (Å²) in [4.78, 5) is 10.2. The van der Waals surface area contributed by atoms with Gasteiger partial charge in [-0.05, 0) is 38.8 Å². The monoisotopic (exact) mass is 331 g/mol. The number of aryl methyl sites for hydroxylation is 1. The Bertz CT molecular complexity index is 658. The third-order valence-corrected chi connectivity index (χ3v) is 6.42. The average molecular weight is 331 g/mol. The zero-order chi connectivity index (χ0) is 16.4. The van der Waals surface area contributed by atoms with Crippen molar-refractivity contribution in [1.82, 2.24) is 15.3 Å². The SMILES string of the molecule is Cc1nc(-c2cccnc2)sc1C(C)NC1CCCC1(C)CO. The topological polar surface area (TPSA) is 58.0 Å². The van der Waals surface area contributed by atoms with Gasteiger partial charge in [-0.25, -0.2) is 4.98 Å². The summed E-state index contributed by atoms with van der Waals surface area (Å²) in [5.41, 5.74) is 2.15. The number of aromatic nitrogens is 2. The molecule has 2 N–H and O–H groups in total. The molecule has 0 radical (unpaired) electrons. The summed E-state index contributed by atoms with van der Waals surface area (Å²) >= 11 is 1.74. The van der Waals surface area contributed by atoms with E-state index in [0.29, 0.717) is 6.04 Å². The number of hydrogen-bond acceptors (Lipinski definition) is 5. The van der Waals surface area contributed by atoms with Crippen LogP contribution in [0.5, 0.6) is 0 Å². The second kappa shape index (κ2) is 6.67. The van der Waals surface area contributed by atoms with Gasteiger partial charge in [-0.15, -0.1) is 11.3 Å². The van der Waals surface area contributed by atoms with Gasteiger partial charge in [0.15, 0.2) is 0 Å². The highest BCUT2D eigenvalue weighted by molar-refractivity contribution is 7.15. The number of hydrogen-bond donors (Lipinski definition) is 2. The fraction of sp³-hybridized carbons (Fsp3) is 0.556. The molecule has 3 unspecified atom stereocenters. The van der Waals surface area contributed by atoms with Crippen LogP contribution in [-0.2, 0) is 0 Å². The molecule has 0 amide bonds. The molecule has 3 atom stereocenters. The molecule has 124 valence electrons. The lowest BCUT2D eigenvalue weighted by Gasteiger charge is -2.32. The van der Waals surface area contributed by atoms with E-state index in [1.165, 1.54) is 11.3 Å². The lowest BCUT2D eigenvalue weighted by Crippen LogP contribution is -2.42. The van der Waals surface area contributed by atoms with Crippen molar-refractivity contribution < 1.29 is 5.11 Å². The van der Waals surface area contributed by atoms with Gasteiger partial charge in [0.2, 0.25) is 0 Å². The van der Waals surface area contributed by atoms with Gasteiger partial charge in [0.25, 0.3) is 0 Å². The van der Waals surface area contributed by atoms with Crippen LogP contribution in [0.15, 0.2) is 24.5 Å². The van der Waals surface area contributed by atoms with Crippen LogP contribution >= 0.6 is 11.3 Å². The fourth-order valence-corrected chi connectivity index (χ4v) is 4.57. The summed E-state index contributed by atoms with van der Waals surface area (Å²) in [5, 5.41) is 14.5. The smallest absolute Gasteiger partial charge is 0.125 e. The third kappa shape index (κ3) is 3.32. The Morgan fingerprint density at radius 3 is 3.04 bits per heavy atom. The molecule has 2 aromatic rings. The van der Waals surface area contributed by atoms with E-state index >= 15 is 0 Å². The number of aliphatic hydroxyl groups is 1. The molecule has 2 heterocycles. The lowest BCUT2D eigenvalue weighted by atomic mass is 9.85. The Hall–Kier alpha value is -1.30. The predicted octanol–water partition coefficient (Wildman–Crippen LogP) is 3.72. The highest BCUT2D eigenvalue weighted by Crippen LogP contribution is 2.39. The zero-order valence-corrected chi connectivity index (χ0v) is 14.9. The van der Waals surface area contributed by atoms with E-state index in [9.17, 15) is 5.11 Å². The third-order valence-electron chi connectivity index (χ3n) is 5.03. The number of nitrogens with zero attached hydrogens (tertiary/aromatic N) is 2. The first-order valence-electron chi connectivity index (χ1n) is 8.28. The Kier molecular flexibility index (Phi) is 4.80. The van der Waals surface area contributed by atoms with Gasteiger partial charge in [-0.3, -0.25) is 4.98 Å². The number of thiazole rings is 1. The molecular formula is C18H25N3OS. The fourth-order valence-electron chi connectivity index (χ4n) is 3.51. The van der Waals surface area contributed by atoms with Gasteiger partial charge in [0, 0.05) is 46.9 Å². The maximum atomic E-state index is 9.73. The van der Waals surface area contributed by atoms with Gasteiger partial charge in [0.05, 0.1) is 5.69 Å². The van der Waals surface area contributed by atoms with Crippen molar-refractivity contribution in [2.45, 2.75) is 52.1 Å². The standard InChI is InChI=1S/C18H25N3OS/c1-12(20-15-7-4-8-18(15,3)11-22)16-13(2)21-17(23-16)14-6-5-9-19-10-14/h5-6,9-10,12,15,20,22H,4,7-8,11H2,1-3H3. The van der Waals surface area contributed by atoms with E-state index in [-0.39, 0.29) is 18.1 Å². The van der Waals surface area contributed by atoms with E-state index < -0.39 is 0 Å². The number of aliphatic hydroxyl groups excluding tert-OH is 1. The van der Waals surface area contributed by atoms with E-state index in [1.54, 1.807) is 17.5 Å². The first-order valence-corrected chi connectivity index (χ1v) is 9.10. The molecule has 0 aromatic carbocycles. The second-order valence-corrected chi connectivity index (χ2v) is 7.89. The molecule has 0 bridgehead atoms. The molecule has 4 nitrogen and oxygen atoms in total. The predicted molar refractivity (Wildman–Crippen MR) is 94.5 cm³/mol. The number of pyridine rings is 1. The first kappa shape index (κ1) is 16.6. The van der Waals surface area contributed by atoms with Crippen LogP contribution in [0.25, 0.3) is 10.6 Å². The summed E-state index contributed by atoms with van der Waals surface area (Å²) in [5.74, 6) is 0. The Balaban J connectivity index is 1.78. The Morgan fingerprint density at radius 2 is 2.35 bits per heavy atom. The largest absolute Gasteiger partial charge is 0.396 e. The van der Waals surface area contributed by atoms with Crippen molar-refractivity contribution >= 4 is 11.3 Å². The van der Waals surface area contributed by atoms with Crippen LogP contribution in [0.2, 0.25) is 0 Å². The summed E-state index contributed by atoms with van der Waals surface area (Å²) in [7, 11) is 0. The lowest BCUT2D eigenvalue weighted by molar-refractivity contribution is 0.114. The van der Waals surface area contributed by atoms with Crippen LogP contribution in [-0.4, -0.2) is 27.7 Å². The van der Waals surface area contributed by atoms with E-state index in [1.807, 2.05) is 18.3 Å². The minimum absolute atomic E-state index is 0.000959. The van der Waals surface area contributed by atoms with Crippen molar-refractivity contribution in [2.24, 2.45) is 5.41 Å². The quantitative estimate of drug-likeness (QED) is 0.877. The van der Waals surface area contributed by atoms with Crippen LogP contribution < -0.4 is 5.32 Å². The molecule has 23 heavy (non-hydrogen) atoms. The molecule has 1 aliphatic rings. The molecule has 0 spiro atoms. The zero-order valence-electron chi connectivity index (χ0n) is 14.0. The van der Waals surface area contributed by atoms with E-state index in [0.717, 1.165) is 29.1 Å². The molecule has 0 saturated heterocycles. The maximum Gasteiger partial charge on any atom is 0.125 e. The Labute approximate surface area is 142 Å². The summed E-state index contributed by atoms with van der Waals surface area (Å²) in [6.45, 7) is 6.71. The van der Waals surface area contributed by atoms with Gasteiger partial charge in [-0.2, -0.15) is 0 Å². The summed E-state index contributed by atoms with van der Waals surface area (Å²) < 4.78 is 0. The molecule has 0 aliphatic heterocycles. The van der Waals surface area contributed by atoms with Gasteiger partial charge >= 0.3 is 0 Å². The van der Waals surface area contributed by atoms with Crippen molar-refractivity contribution in [3.63, 3.8) is 0 Å². The van der Waals surface area contributed by atoms with Crippen molar-refractivity contribution in [2.75, 3.05) is 6.61 Å². The van der Waals surface area contributed by atoms with E-state index in [4.69, 9.17) is 4.98 Å². The normalized spacial score (nSPS) is 25.7. The maximum absolute atomic E-state index is 9.73. The summed E-state index contributed by atoms with van der Waals surface area (Å²) in [6, 6.07) is 4.60. The Morgan fingerprint density at radius 1 is 1.52 bits per heavy atom. The van der Waals surface area contributed by atoms with Gasteiger partial charge < -0.3 is 10.4 Å². The molecule has 5 heteroatoms. The van der Waals surface area contributed by atoms with Crippen LogP contribution in [0.1, 0.15) is 49.7 Å². The molecule has 3 rings (SSSR count). The molecule has 1 aliphatic carbocycles. The molecule has 2 aromatic heterocycles. The summed E-state index contributed by atoms with van der Waals surface area (Å²) in [6.07, 6.45) is 7.06. The van der Waals surface area contributed by atoms with Crippen molar-refractivity contribution in [3.05, 3.63) is 35.1 Å². The minimum Gasteiger partial charge on any atom is -0.396 e. The van der Waals surface area contributed by atoms with E-state index in [2.05, 4.69) is 31.1 Å². The number of nitrogens with one attached hydrogen (secondary N) is 1. The average Bonchev–Trinajstić information content (AvgIpc) is 3.12. The highest BCUT2D eigenvalue weighted by Gasteiger charge is 2.39. The van der Waals surface area contributed by atoms with Crippen molar-refractivity contribution in [3.8, 4) is 10.6 Å². The van der Waals surface area contributed by atoms with Crippen LogP contribution in [0.4, 0.5) is 0 Å². The molecular weight excluding hydrogens is 306 g/mol. The minimum atomic E-state index is -0.000959. The first-order chi connectivity index (χ1) is 11.0. The van der Waals surface area contributed by atoms with Crippen molar-refractivity contribution in [1.29, 1.82) is 0 Å². The van der Waals surface area contributed by atoms with Gasteiger partial charge in [-0.1, -0.05) is 13.3 Å². The van der Waals surface area contributed by atoms with Gasteiger partial charge in [0.1, 0.15) is 5.01 Å². The van der Waals surface area contributed by atoms with Crippen LogP contribution in [0, 0.1) is 12.3 Å². The number of rotatable bonds is 5. The second-order valence-electron chi connectivity index (χ2n) is 6.86.